The number of aromatic nitrogens is 2. The van der Waals surface area contributed by atoms with E-state index in [0.717, 1.165) is 17.9 Å². The zero-order valence-electron chi connectivity index (χ0n) is 11.3. The Hall–Kier alpha value is -1.00. The Balaban J connectivity index is 2.08. The maximum atomic E-state index is 4.71. The lowest BCUT2D eigenvalue weighted by Gasteiger charge is -2.13. The Labute approximate surface area is 113 Å². The highest BCUT2D eigenvalue weighted by molar-refractivity contribution is 7.98. The highest BCUT2D eigenvalue weighted by atomic mass is 32.2. The SMILES string of the molecule is CSCCCNC(C)c1nc2ccccc2n1C. The van der Waals surface area contributed by atoms with Gasteiger partial charge in [0.1, 0.15) is 5.82 Å². The van der Waals surface area contributed by atoms with E-state index in [2.05, 4.69) is 48.3 Å². The molecule has 0 spiro atoms. The van der Waals surface area contributed by atoms with E-state index in [4.69, 9.17) is 4.98 Å². The molecule has 0 saturated carbocycles. The van der Waals surface area contributed by atoms with Gasteiger partial charge in [-0.15, -0.1) is 0 Å². The summed E-state index contributed by atoms with van der Waals surface area (Å²) in [5, 5.41) is 3.54. The van der Waals surface area contributed by atoms with Crippen LogP contribution in [0, 0.1) is 0 Å². The van der Waals surface area contributed by atoms with E-state index < -0.39 is 0 Å². The number of imidazole rings is 1. The van der Waals surface area contributed by atoms with E-state index in [1.807, 2.05) is 17.8 Å². The Morgan fingerprint density at radius 3 is 2.89 bits per heavy atom. The Morgan fingerprint density at radius 2 is 2.17 bits per heavy atom. The topological polar surface area (TPSA) is 29.9 Å². The highest BCUT2D eigenvalue weighted by Gasteiger charge is 2.13. The third kappa shape index (κ3) is 2.87. The summed E-state index contributed by atoms with van der Waals surface area (Å²) >= 11 is 1.90. The van der Waals surface area contributed by atoms with Gasteiger partial charge in [0.2, 0.25) is 0 Å². The van der Waals surface area contributed by atoms with Crippen molar-refractivity contribution >= 4 is 22.8 Å². The van der Waals surface area contributed by atoms with Gasteiger partial charge < -0.3 is 9.88 Å². The minimum atomic E-state index is 0.296. The number of nitrogens with zero attached hydrogens (tertiary/aromatic N) is 2. The first-order chi connectivity index (χ1) is 8.74. The van der Waals surface area contributed by atoms with Crippen LogP contribution in [0.2, 0.25) is 0 Å². The number of hydrogen-bond acceptors (Lipinski definition) is 3. The smallest absolute Gasteiger partial charge is 0.126 e. The molecule has 2 aromatic rings. The standard InChI is InChI=1S/C14H21N3S/c1-11(15-9-6-10-18-3)14-16-12-7-4-5-8-13(12)17(14)2/h4-5,7-8,11,15H,6,9-10H2,1-3H3. The van der Waals surface area contributed by atoms with Crippen LogP contribution < -0.4 is 5.32 Å². The van der Waals surface area contributed by atoms with Crippen molar-refractivity contribution in [1.82, 2.24) is 14.9 Å². The summed E-state index contributed by atoms with van der Waals surface area (Å²) < 4.78 is 2.18. The Kier molecular flexibility index (Phi) is 4.66. The molecule has 4 heteroatoms. The van der Waals surface area contributed by atoms with Crippen molar-refractivity contribution in [3.63, 3.8) is 0 Å². The van der Waals surface area contributed by atoms with Crippen molar-refractivity contribution in [3.8, 4) is 0 Å². The fraction of sp³-hybridized carbons (Fsp3) is 0.500. The number of fused-ring (bicyclic) bond motifs is 1. The van der Waals surface area contributed by atoms with Crippen LogP contribution in [0.1, 0.15) is 25.2 Å². The summed E-state index contributed by atoms with van der Waals surface area (Å²) in [5.74, 6) is 2.32. The average Bonchev–Trinajstić information content (AvgIpc) is 2.73. The van der Waals surface area contributed by atoms with Gasteiger partial charge in [0, 0.05) is 7.05 Å². The van der Waals surface area contributed by atoms with Gasteiger partial charge in [-0.1, -0.05) is 12.1 Å². The van der Waals surface area contributed by atoms with E-state index in [9.17, 15) is 0 Å². The van der Waals surface area contributed by atoms with Crippen LogP contribution >= 0.6 is 11.8 Å². The number of thioether (sulfide) groups is 1. The molecule has 0 aliphatic rings. The van der Waals surface area contributed by atoms with Gasteiger partial charge in [-0.3, -0.25) is 0 Å². The van der Waals surface area contributed by atoms with Crippen LogP contribution in [0.4, 0.5) is 0 Å². The maximum absolute atomic E-state index is 4.71. The molecule has 1 atom stereocenters. The van der Waals surface area contributed by atoms with E-state index in [-0.39, 0.29) is 0 Å². The molecule has 0 saturated heterocycles. The second kappa shape index (κ2) is 6.25. The van der Waals surface area contributed by atoms with Crippen LogP contribution in [0.5, 0.6) is 0 Å². The van der Waals surface area contributed by atoms with Crippen molar-refractivity contribution in [2.24, 2.45) is 7.05 Å². The first kappa shape index (κ1) is 13.4. The largest absolute Gasteiger partial charge is 0.330 e. The lowest BCUT2D eigenvalue weighted by atomic mass is 10.3. The predicted octanol–water partition coefficient (Wildman–Crippen LogP) is 2.98. The number of para-hydroxylation sites is 2. The average molecular weight is 263 g/mol. The van der Waals surface area contributed by atoms with Crippen molar-refractivity contribution < 1.29 is 0 Å². The summed E-state index contributed by atoms with van der Waals surface area (Å²) in [4.78, 5) is 4.71. The molecule has 0 aliphatic heterocycles. The molecule has 1 aromatic carbocycles. The monoisotopic (exact) mass is 263 g/mol. The van der Waals surface area contributed by atoms with E-state index >= 15 is 0 Å². The van der Waals surface area contributed by atoms with Crippen molar-refractivity contribution in [3.05, 3.63) is 30.1 Å². The minimum absolute atomic E-state index is 0.296. The summed E-state index contributed by atoms with van der Waals surface area (Å²) in [5.41, 5.74) is 2.28. The van der Waals surface area contributed by atoms with Crippen molar-refractivity contribution in [2.75, 3.05) is 18.6 Å². The van der Waals surface area contributed by atoms with Crippen molar-refractivity contribution in [2.45, 2.75) is 19.4 Å². The maximum Gasteiger partial charge on any atom is 0.126 e. The number of benzene rings is 1. The molecule has 0 amide bonds. The minimum Gasteiger partial charge on any atom is -0.330 e. The van der Waals surface area contributed by atoms with Crippen LogP contribution in [-0.2, 0) is 7.05 Å². The predicted molar refractivity (Wildman–Crippen MR) is 80.1 cm³/mol. The molecule has 1 N–H and O–H groups in total. The lowest BCUT2D eigenvalue weighted by Crippen LogP contribution is -2.22. The van der Waals surface area contributed by atoms with E-state index in [1.54, 1.807) is 0 Å². The zero-order valence-corrected chi connectivity index (χ0v) is 12.1. The van der Waals surface area contributed by atoms with Gasteiger partial charge >= 0.3 is 0 Å². The molecule has 0 bridgehead atoms. The Morgan fingerprint density at radius 1 is 1.39 bits per heavy atom. The van der Waals surface area contributed by atoms with Gasteiger partial charge in [0.05, 0.1) is 17.1 Å². The van der Waals surface area contributed by atoms with Crippen LogP contribution in [0.3, 0.4) is 0 Å². The van der Waals surface area contributed by atoms with Crippen LogP contribution in [0.15, 0.2) is 24.3 Å². The highest BCUT2D eigenvalue weighted by Crippen LogP contribution is 2.18. The first-order valence-electron chi connectivity index (χ1n) is 6.37. The quantitative estimate of drug-likeness (QED) is 0.813. The molecule has 1 heterocycles. The van der Waals surface area contributed by atoms with Gasteiger partial charge in [0.15, 0.2) is 0 Å². The molecule has 1 unspecified atom stereocenters. The summed E-state index contributed by atoms with van der Waals surface area (Å²) in [6.07, 6.45) is 3.35. The number of nitrogens with one attached hydrogen (secondary N) is 1. The molecule has 0 fully saturated rings. The number of hydrogen-bond donors (Lipinski definition) is 1. The summed E-state index contributed by atoms with van der Waals surface area (Å²) in [7, 11) is 2.09. The Bertz CT molecular complexity index is 507. The van der Waals surface area contributed by atoms with Crippen LogP contribution in [-0.4, -0.2) is 28.1 Å². The first-order valence-corrected chi connectivity index (χ1v) is 7.77. The fourth-order valence-electron chi connectivity index (χ4n) is 2.18. The lowest BCUT2D eigenvalue weighted by molar-refractivity contribution is 0.533. The molecule has 2 rings (SSSR count). The molecule has 98 valence electrons. The second-order valence-electron chi connectivity index (χ2n) is 4.54. The molecular weight excluding hydrogens is 242 g/mol. The van der Waals surface area contributed by atoms with Crippen LogP contribution in [0.25, 0.3) is 11.0 Å². The number of aryl methyl sites for hydroxylation is 1. The van der Waals surface area contributed by atoms with E-state index in [0.29, 0.717) is 6.04 Å². The molecule has 18 heavy (non-hydrogen) atoms. The summed E-state index contributed by atoms with van der Waals surface area (Å²) in [6.45, 7) is 3.23. The summed E-state index contributed by atoms with van der Waals surface area (Å²) in [6, 6.07) is 8.58. The zero-order chi connectivity index (χ0) is 13.0. The molecule has 0 aliphatic carbocycles. The van der Waals surface area contributed by atoms with Gasteiger partial charge in [0.25, 0.3) is 0 Å². The molecular formula is C14H21N3S. The van der Waals surface area contributed by atoms with Gasteiger partial charge in [-0.2, -0.15) is 11.8 Å². The third-order valence-electron chi connectivity index (χ3n) is 3.18. The molecule has 0 radical (unpaired) electrons. The van der Waals surface area contributed by atoms with Gasteiger partial charge in [-0.05, 0) is 44.0 Å². The van der Waals surface area contributed by atoms with Crippen molar-refractivity contribution in [1.29, 1.82) is 0 Å². The molecule has 3 nitrogen and oxygen atoms in total. The third-order valence-corrected chi connectivity index (χ3v) is 3.88. The normalized spacial score (nSPS) is 13.1. The second-order valence-corrected chi connectivity index (χ2v) is 5.53. The number of rotatable bonds is 6. The van der Waals surface area contributed by atoms with Gasteiger partial charge in [-0.25, -0.2) is 4.98 Å². The molecule has 1 aromatic heterocycles. The fourth-order valence-corrected chi connectivity index (χ4v) is 2.61. The van der Waals surface area contributed by atoms with E-state index in [1.165, 1.54) is 17.7 Å².